The van der Waals surface area contributed by atoms with Crippen LogP contribution in [0.15, 0.2) is 52.9 Å². The van der Waals surface area contributed by atoms with Crippen molar-refractivity contribution in [1.82, 2.24) is 15.5 Å². The smallest absolute Gasteiger partial charge is 0.251 e. The van der Waals surface area contributed by atoms with E-state index in [-0.39, 0.29) is 12.5 Å². The molecule has 3 rings (SSSR count). The highest BCUT2D eigenvalue weighted by atomic mass is 16.5. The fourth-order valence-electron chi connectivity index (χ4n) is 2.35. The number of ether oxygens (including phenoxy) is 1. The van der Waals surface area contributed by atoms with E-state index in [0.717, 1.165) is 5.56 Å². The zero-order valence-electron chi connectivity index (χ0n) is 14.1. The fraction of sp³-hybridized carbons (Fsp3) is 0.158. The number of hydrogen-bond acceptors (Lipinski definition) is 6. The van der Waals surface area contributed by atoms with Gasteiger partial charge in [0.05, 0.1) is 0 Å². The van der Waals surface area contributed by atoms with Crippen molar-refractivity contribution < 1.29 is 13.9 Å². The average Bonchev–Trinajstić information content (AvgIpc) is 3.11. The van der Waals surface area contributed by atoms with Crippen LogP contribution < -0.4 is 10.1 Å². The number of aromatic nitrogens is 2. The van der Waals surface area contributed by atoms with Gasteiger partial charge >= 0.3 is 0 Å². The Morgan fingerprint density at radius 2 is 2.08 bits per heavy atom. The van der Waals surface area contributed by atoms with Gasteiger partial charge in [0.15, 0.2) is 6.61 Å². The molecule has 1 amide bonds. The highest BCUT2D eigenvalue weighted by Gasteiger charge is 2.10. The zero-order valence-corrected chi connectivity index (χ0v) is 14.1. The molecule has 0 atom stereocenters. The minimum absolute atomic E-state index is 0.0161. The van der Waals surface area contributed by atoms with Gasteiger partial charge in [0, 0.05) is 24.6 Å². The van der Waals surface area contributed by atoms with Crippen molar-refractivity contribution in [3.63, 3.8) is 0 Å². The number of amides is 1. The van der Waals surface area contributed by atoms with Crippen LogP contribution >= 0.6 is 0 Å². The third-order valence-corrected chi connectivity index (χ3v) is 3.55. The van der Waals surface area contributed by atoms with E-state index in [9.17, 15) is 4.79 Å². The van der Waals surface area contributed by atoms with Crippen LogP contribution in [0.1, 0.15) is 21.8 Å². The van der Waals surface area contributed by atoms with Gasteiger partial charge in [-0.2, -0.15) is 5.26 Å². The summed E-state index contributed by atoms with van der Waals surface area (Å²) in [5, 5.41) is 19.2. The van der Waals surface area contributed by atoms with Crippen molar-refractivity contribution >= 4 is 5.91 Å². The Morgan fingerprint density at radius 1 is 1.23 bits per heavy atom. The number of hydrogen-bond donors (Lipinski definition) is 1. The molecule has 0 saturated heterocycles. The molecule has 0 unspecified atom stereocenters. The molecule has 0 bridgehead atoms. The fourth-order valence-corrected chi connectivity index (χ4v) is 2.35. The van der Waals surface area contributed by atoms with Crippen LogP contribution in [0, 0.1) is 18.3 Å². The first-order valence-electron chi connectivity index (χ1n) is 7.93. The predicted octanol–water partition coefficient (Wildman–Crippen LogP) is 2.88. The number of nitriles is 1. The van der Waals surface area contributed by atoms with E-state index in [4.69, 9.17) is 14.4 Å². The highest BCUT2D eigenvalue weighted by molar-refractivity contribution is 5.95. The van der Waals surface area contributed by atoms with Gasteiger partial charge in [-0.15, -0.1) is 10.2 Å². The van der Waals surface area contributed by atoms with E-state index in [0.29, 0.717) is 35.2 Å². The largest absolute Gasteiger partial charge is 0.479 e. The molecule has 7 nitrogen and oxygen atoms in total. The third-order valence-electron chi connectivity index (χ3n) is 3.55. The topological polar surface area (TPSA) is 101 Å². The van der Waals surface area contributed by atoms with E-state index < -0.39 is 0 Å². The number of nitrogens with one attached hydrogen (secondary N) is 1. The lowest BCUT2D eigenvalue weighted by Crippen LogP contribution is -2.22. The first-order valence-corrected chi connectivity index (χ1v) is 7.93. The molecule has 130 valence electrons. The van der Waals surface area contributed by atoms with Crippen LogP contribution in [0.2, 0.25) is 0 Å². The number of carbonyl (C=O) groups is 1. The van der Waals surface area contributed by atoms with Gasteiger partial charge in [-0.25, -0.2) is 0 Å². The van der Waals surface area contributed by atoms with E-state index in [1.807, 2.05) is 18.2 Å². The second-order valence-corrected chi connectivity index (χ2v) is 5.48. The number of rotatable bonds is 6. The molecule has 0 aliphatic carbocycles. The van der Waals surface area contributed by atoms with Crippen LogP contribution in [0.5, 0.6) is 5.75 Å². The van der Waals surface area contributed by atoms with Gasteiger partial charge in [0.25, 0.3) is 5.91 Å². The minimum Gasteiger partial charge on any atom is -0.479 e. The summed E-state index contributed by atoms with van der Waals surface area (Å²) in [4.78, 5) is 12.4. The van der Waals surface area contributed by atoms with Crippen molar-refractivity contribution in [2.45, 2.75) is 13.5 Å². The van der Waals surface area contributed by atoms with Crippen LogP contribution in [0.4, 0.5) is 0 Å². The van der Waals surface area contributed by atoms with Gasteiger partial charge in [0.2, 0.25) is 11.8 Å². The first kappa shape index (κ1) is 17.2. The standard InChI is InChI=1S/C19H16N4O3/c1-13-22-23-19(26-13)16-6-3-5-15(11-16)18(24)21-12-14-4-2-7-17(10-14)25-9-8-20/h2-7,10-11H,9,12H2,1H3,(H,21,24). The van der Waals surface area contributed by atoms with Crippen molar-refractivity contribution in [1.29, 1.82) is 5.26 Å². The molecule has 1 aromatic heterocycles. The van der Waals surface area contributed by atoms with Crippen molar-refractivity contribution in [2.24, 2.45) is 0 Å². The third kappa shape index (κ3) is 4.24. The maximum atomic E-state index is 12.4. The van der Waals surface area contributed by atoms with Gasteiger partial charge < -0.3 is 14.5 Å². The van der Waals surface area contributed by atoms with Crippen molar-refractivity contribution in [3.8, 4) is 23.3 Å². The lowest BCUT2D eigenvalue weighted by molar-refractivity contribution is 0.0951. The van der Waals surface area contributed by atoms with Crippen LogP contribution in [0.25, 0.3) is 11.5 Å². The molecular formula is C19H16N4O3. The molecule has 3 aromatic rings. The molecular weight excluding hydrogens is 332 g/mol. The van der Waals surface area contributed by atoms with Crippen molar-refractivity contribution in [2.75, 3.05) is 6.61 Å². The maximum absolute atomic E-state index is 12.4. The summed E-state index contributed by atoms with van der Waals surface area (Å²) < 4.78 is 10.6. The van der Waals surface area contributed by atoms with Crippen LogP contribution in [0.3, 0.4) is 0 Å². The molecule has 0 aliphatic heterocycles. The zero-order chi connectivity index (χ0) is 18.4. The molecule has 0 fully saturated rings. The number of aryl methyl sites for hydroxylation is 1. The summed E-state index contributed by atoms with van der Waals surface area (Å²) in [5.41, 5.74) is 2.05. The summed E-state index contributed by atoms with van der Waals surface area (Å²) in [6.45, 7) is 2.03. The lowest BCUT2D eigenvalue weighted by atomic mass is 10.1. The quantitative estimate of drug-likeness (QED) is 0.735. The summed E-state index contributed by atoms with van der Waals surface area (Å²) in [7, 11) is 0. The lowest BCUT2D eigenvalue weighted by Gasteiger charge is -2.08. The molecule has 0 spiro atoms. The van der Waals surface area contributed by atoms with Crippen molar-refractivity contribution in [3.05, 3.63) is 65.5 Å². The molecule has 7 heteroatoms. The predicted molar refractivity (Wildman–Crippen MR) is 93.2 cm³/mol. The second kappa shape index (κ2) is 7.94. The second-order valence-electron chi connectivity index (χ2n) is 5.48. The Labute approximate surface area is 150 Å². The number of benzene rings is 2. The molecule has 2 aromatic carbocycles. The summed E-state index contributed by atoms with van der Waals surface area (Å²) in [6.07, 6.45) is 0. The molecule has 0 saturated carbocycles. The van der Waals surface area contributed by atoms with E-state index in [2.05, 4.69) is 15.5 Å². The average molecular weight is 348 g/mol. The Kier molecular flexibility index (Phi) is 5.25. The normalized spacial score (nSPS) is 10.2. The Bertz CT molecular complexity index is 959. The molecule has 0 aliphatic rings. The molecule has 1 N–H and O–H groups in total. The number of nitrogens with zero attached hydrogens (tertiary/aromatic N) is 3. The first-order chi connectivity index (χ1) is 12.7. The van der Waals surface area contributed by atoms with E-state index in [1.165, 1.54) is 0 Å². The van der Waals surface area contributed by atoms with Crippen LogP contribution in [-0.4, -0.2) is 22.7 Å². The Balaban J connectivity index is 1.66. The van der Waals surface area contributed by atoms with E-state index in [1.54, 1.807) is 43.3 Å². The van der Waals surface area contributed by atoms with Crippen LogP contribution in [-0.2, 0) is 6.54 Å². The molecule has 26 heavy (non-hydrogen) atoms. The number of carbonyl (C=O) groups excluding carboxylic acids is 1. The molecule has 0 radical (unpaired) electrons. The molecule has 1 heterocycles. The SMILES string of the molecule is Cc1nnc(-c2cccc(C(=O)NCc3cccc(OCC#N)c3)c2)o1. The minimum atomic E-state index is -0.216. The maximum Gasteiger partial charge on any atom is 0.251 e. The van der Waals surface area contributed by atoms with E-state index >= 15 is 0 Å². The van der Waals surface area contributed by atoms with Gasteiger partial charge in [-0.3, -0.25) is 4.79 Å². The summed E-state index contributed by atoms with van der Waals surface area (Å²) in [6, 6.07) is 16.1. The highest BCUT2D eigenvalue weighted by Crippen LogP contribution is 2.19. The van der Waals surface area contributed by atoms with Gasteiger partial charge in [-0.05, 0) is 35.9 Å². The monoisotopic (exact) mass is 348 g/mol. The Morgan fingerprint density at radius 3 is 2.85 bits per heavy atom. The van der Waals surface area contributed by atoms with Gasteiger partial charge in [0.1, 0.15) is 11.8 Å². The summed E-state index contributed by atoms with van der Waals surface area (Å²) in [5.74, 6) is 1.21. The Hall–Kier alpha value is -3.66. The summed E-state index contributed by atoms with van der Waals surface area (Å²) >= 11 is 0. The van der Waals surface area contributed by atoms with Gasteiger partial charge in [-0.1, -0.05) is 18.2 Å².